The van der Waals surface area contributed by atoms with Crippen molar-refractivity contribution in [2.75, 3.05) is 13.2 Å². The highest BCUT2D eigenvalue weighted by atomic mass is 16.5. The number of carbonyl (C=O) groups is 2. The summed E-state index contributed by atoms with van der Waals surface area (Å²) in [6.45, 7) is 4.94. The fraction of sp³-hybridized carbons (Fsp3) is 0.943. The van der Waals surface area contributed by atoms with Crippen molar-refractivity contribution in [1.29, 1.82) is 0 Å². The summed E-state index contributed by atoms with van der Waals surface area (Å²) < 4.78 is 5.48. The Morgan fingerprint density at radius 2 is 0.605 bits per heavy atom. The summed E-state index contributed by atoms with van der Waals surface area (Å²) in [6.07, 6.45) is 81.5. The number of rotatable bonds is 66. The predicted molar refractivity (Wildman–Crippen MR) is 333 cm³/mol. The Hall–Kier alpha value is -1.40. The first-order valence-corrected chi connectivity index (χ1v) is 35.0. The first-order chi connectivity index (χ1) is 37.5. The molecule has 1 amide bonds. The summed E-state index contributed by atoms with van der Waals surface area (Å²) in [7, 11) is 0. The largest absolute Gasteiger partial charge is 0.466 e. The van der Waals surface area contributed by atoms with Crippen LogP contribution in [0.3, 0.4) is 0 Å². The van der Waals surface area contributed by atoms with E-state index in [1.807, 2.05) is 6.08 Å². The Labute approximate surface area is 476 Å². The molecule has 0 saturated heterocycles. The van der Waals surface area contributed by atoms with Crippen LogP contribution < -0.4 is 5.32 Å². The molecular weight excluding hydrogens is 935 g/mol. The van der Waals surface area contributed by atoms with Crippen molar-refractivity contribution in [1.82, 2.24) is 5.32 Å². The summed E-state index contributed by atoms with van der Waals surface area (Å²) in [5, 5.41) is 23.2. The van der Waals surface area contributed by atoms with Crippen LogP contribution in [-0.4, -0.2) is 47.4 Å². The van der Waals surface area contributed by atoms with Crippen LogP contribution in [0.2, 0.25) is 0 Å². The lowest BCUT2D eigenvalue weighted by molar-refractivity contribution is -0.143. The van der Waals surface area contributed by atoms with Gasteiger partial charge in [0.1, 0.15) is 0 Å². The summed E-state index contributed by atoms with van der Waals surface area (Å²) in [5.74, 6) is -0.0406. The lowest BCUT2D eigenvalue weighted by atomic mass is 10.0. The lowest BCUT2D eigenvalue weighted by Gasteiger charge is -2.20. The van der Waals surface area contributed by atoms with Gasteiger partial charge >= 0.3 is 5.97 Å². The van der Waals surface area contributed by atoms with Gasteiger partial charge in [0, 0.05) is 12.8 Å². The number of hydrogen-bond acceptors (Lipinski definition) is 5. The molecule has 6 heteroatoms. The summed E-state index contributed by atoms with van der Waals surface area (Å²) in [6, 6.07) is -0.625. The molecule has 0 aromatic rings. The number of ether oxygens (including phenoxy) is 1. The van der Waals surface area contributed by atoms with E-state index in [0.29, 0.717) is 19.4 Å². The van der Waals surface area contributed by atoms with E-state index in [2.05, 4.69) is 19.2 Å². The first kappa shape index (κ1) is 74.6. The number of aliphatic hydroxyl groups is 2. The number of aliphatic hydroxyl groups excluding tert-OH is 2. The fourth-order valence-corrected chi connectivity index (χ4v) is 11.2. The van der Waals surface area contributed by atoms with E-state index in [9.17, 15) is 19.8 Å². The molecule has 0 radical (unpaired) electrons. The molecule has 0 aromatic heterocycles. The average Bonchev–Trinajstić information content (AvgIpc) is 3.42. The van der Waals surface area contributed by atoms with E-state index < -0.39 is 12.1 Å². The predicted octanol–water partition coefficient (Wildman–Crippen LogP) is 22.4. The molecule has 0 bridgehead atoms. The topological polar surface area (TPSA) is 95.9 Å². The molecule has 0 spiro atoms. The number of amides is 1. The summed E-state index contributed by atoms with van der Waals surface area (Å²) in [5.41, 5.74) is 0. The maximum absolute atomic E-state index is 12.5. The second kappa shape index (κ2) is 66.1. The first-order valence-electron chi connectivity index (χ1n) is 35.0. The van der Waals surface area contributed by atoms with Crippen LogP contribution in [-0.2, 0) is 14.3 Å². The normalized spacial score (nSPS) is 12.5. The molecule has 2 unspecified atom stereocenters. The number of unbranched alkanes of at least 4 members (excludes halogenated alkanes) is 55. The molecule has 6 nitrogen and oxygen atoms in total. The fourth-order valence-electron chi connectivity index (χ4n) is 11.2. The molecule has 0 aliphatic carbocycles. The molecule has 3 N–H and O–H groups in total. The van der Waals surface area contributed by atoms with Crippen molar-refractivity contribution in [3.05, 3.63) is 12.2 Å². The summed E-state index contributed by atoms with van der Waals surface area (Å²) in [4.78, 5) is 24.5. The molecule has 0 aromatic carbocycles. The third kappa shape index (κ3) is 61.8. The highest BCUT2D eigenvalue weighted by molar-refractivity contribution is 5.76. The maximum Gasteiger partial charge on any atom is 0.305 e. The molecule has 0 aliphatic heterocycles. The number of esters is 1. The quantitative estimate of drug-likeness (QED) is 0.0320. The van der Waals surface area contributed by atoms with Gasteiger partial charge in [0.05, 0.1) is 25.4 Å². The average molecular weight is 1070 g/mol. The second-order valence-electron chi connectivity index (χ2n) is 24.2. The summed E-state index contributed by atoms with van der Waals surface area (Å²) >= 11 is 0. The van der Waals surface area contributed by atoms with Crippen LogP contribution in [0.5, 0.6) is 0 Å². The minimum absolute atomic E-state index is 0.0197. The molecular formula is C70H137NO5. The van der Waals surface area contributed by atoms with Crippen LogP contribution in [0.25, 0.3) is 0 Å². The van der Waals surface area contributed by atoms with Gasteiger partial charge in [-0.05, 0) is 32.1 Å². The third-order valence-electron chi connectivity index (χ3n) is 16.6. The van der Waals surface area contributed by atoms with Crippen molar-refractivity contribution in [2.24, 2.45) is 0 Å². The number of allylic oxidation sites excluding steroid dienone is 1. The van der Waals surface area contributed by atoms with E-state index in [1.54, 1.807) is 6.08 Å². The molecule has 0 aliphatic rings. The van der Waals surface area contributed by atoms with Gasteiger partial charge in [-0.15, -0.1) is 0 Å². The standard InChI is InChI=1S/C70H137NO5/c1-3-5-7-9-11-13-15-16-17-18-30-33-36-39-43-46-50-54-58-62-68(73)67(66-72)71-69(74)63-59-55-51-47-44-40-37-34-31-28-26-24-22-20-19-21-23-25-27-29-32-35-38-41-45-49-53-57-61-65-76-70(75)64-60-56-52-48-42-14-12-10-8-6-4-2/h58,62,67-68,72-73H,3-57,59-61,63-66H2,1-2H3,(H,71,74)/b62-58+. The third-order valence-corrected chi connectivity index (χ3v) is 16.6. The van der Waals surface area contributed by atoms with Gasteiger partial charge in [-0.2, -0.15) is 0 Å². The minimum Gasteiger partial charge on any atom is -0.466 e. The van der Waals surface area contributed by atoms with Gasteiger partial charge in [0.15, 0.2) is 0 Å². The SMILES string of the molecule is CCCCCCCCCCCCCCCCCCC/C=C/C(O)C(CO)NC(=O)CCCCCCCCCCCCCCCCCCCCCCCCCCCCCCCOC(=O)CCCCCCCCCCCCC. The zero-order valence-electron chi connectivity index (χ0n) is 51.8. The van der Waals surface area contributed by atoms with Crippen molar-refractivity contribution in [3.8, 4) is 0 Å². The van der Waals surface area contributed by atoms with Crippen molar-refractivity contribution in [2.45, 2.75) is 411 Å². The van der Waals surface area contributed by atoms with Gasteiger partial charge in [0.2, 0.25) is 5.91 Å². The van der Waals surface area contributed by atoms with Gasteiger partial charge in [-0.3, -0.25) is 9.59 Å². The maximum atomic E-state index is 12.5. The van der Waals surface area contributed by atoms with E-state index in [4.69, 9.17) is 4.74 Å². The second-order valence-corrected chi connectivity index (χ2v) is 24.2. The Kier molecular flexibility index (Phi) is 64.9. The van der Waals surface area contributed by atoms with Gasteiger partial charge in [-0.25, -0.2) is 0 Å². The Morgan fingerprint density at radius 3 is 0.895 bits per heavy atom. The smallest absolute Gasteiger partial charge is 0.305 e. The highest BCUT2D eigenvalue weighted by Crippen LogP contribution is 2.19. The molecule has 76 heavy (non-hydrogen) atoms. The molecule has 452 valence electrons. The Balaban J connectivity index is 3.36. The molecule has 0 fully saturated rings. The zero-order valence-corrected chi connectivity index (χ0v) is 51.8. The number of carbonyl (C=O) groups excluding carboxylic acids is 2. The van der Waals surface area contributed by atoms with E-state index in [-0.39, 0.29) is 18.5 Å². The Bertz CT molecular complexity index is 1140. The van der Waals surface area contributed by atoms with E-state index in [1.165, 1.54) is 334 Å². The van der Waals surface area contributed by atoms with Crippen molar-refractivity contribution >= 4 is 11.9 Å². The van der Waals surface area contributed by atoms with Crippen LogP contribution in [0.4, 0.5) is 0 Å². The molecule has 0 heterocycles. The highest BCUT2D eigenvalue weighted by Gasteiger charge is 2.18. The van der Waals surface area contributed by atoms with Crippen LogP contribution >= 0.6 is 0 Å². The number of nitrogens with one attached hydrogen (secondary N) is 1. The monoisotopic (exact) mass is 1070 g/mol. The van der Waals surface area contributed by atoms with E-state index in [0.717, 1.165) is 38.5 Å². The molecule has 0 rings (SSSR count). The van der Waals surface area contributed by atoms with E-state index >= 15 is 0 Å². The van der Waals surface area contributed by atoms with Crippen LogP contribution in [0.15, 0.2) is 12.2 Å². The number of hydrogen-bond donors (Lipinski definition) is 3. The zero-order chi connectivity index (χ0) is 55.0. The molecule has 2 atom stereocenters. The minimum atomic E-state index is -0.842. The van der Waals surface area contributed by atoms with Crippen LogP contribution in [0.1, 0.15) is 399 Å². The van der Waals surface area contributed by atoms with Crippen molar-refractivity contribution < 1.29 is 24.5 Å². The van der Waals surface area contributed by atoms with Crippen LogP contribution in [0, 0.1) is 0 Å². The Morgan fingerprint density at radius 1 is 0.355 bits per heavy atom. The van der Waals surface area contributed by atoms with Gasteiger partial charge in [0.25, 0.3) is 0 Å². The molecule has 0 saturated carbocycles. The van der Waals surface area contributed by atoms with Gasteiger partial charge in [-0.1, -0.05) is 366 Å². The lowest BCUT2D eigenvalue weighted by Crippen LogP contribution is -2.45. The van der Waals surface area contributed by atoms with Crippen molar-refractivity contribution in [3.63, 3.8) is 0 Å². The van der Waals surface area contributed by atoms with Gasteiger partial charge < -0.3 is 20.3 Å².